The maximum absolute atomic E-state index is 7.45. The van der Waals surface area contributed by atoms with Gasteiger partial charge in [-0.2, -0.15) is 0 Å². The highest BCUT2D eigenvalue weighted by Gasteiger charge is 2.80. The first kappa shape index (κ1) is 43.4. The largest absolute Gasteiger partial charge is 0.504 e. The minimum atomic E-state index is -3.34. The lowest BCUT2D eigenvalue weighted by atomic mass is 10.1. The van der Waals surface area contributed by atoms with Crippen LogP contribution in [-0.2, 0) is 27.2 Å². The van der Waals surface area contributed by atoms with Crippen LogP contribution in [0, 0.1) is 0 Å². The maximum atomic E-state index is 7.45. The molecule has 1 aliphatic rings. The fraction of sp³-hybridized carbons (Fsp3) is 1.00. The van der Waals surface area contributed by atoms with E-state index in [2.05, 4.69) is 55.4 Å². The van der Waals surface area contributed by atoms with Crippen molar-refractivity contribution in [1.29, 1.82) is 0 Å². The monoisotopic (exact) mass is 691 g/mol. The summed E-state index contributed by atoms with van der Waals surface area (Å²) in [7, 11) is -8.30. The summed E-state index contributed by atoms with van der Waals surface area (Å²) in [4.78, 5) is 0. The minimum absolute atomic E-state index is 0.544. The van der Waals surface area contributed by atoms with Crippen molar-refractivity contribution in [3.8, 4) is 0 Å². The standard InChI is InChI=1S/C36H78O6Si3/c1-9-17-20-23-26-29-32-43(33-30-27-24-21-18-10-2)35-36(37-12-4,38-13-5)42-45(40-15-7,41-16-8)44(43,39-14-6)34-31-28-25-22-19-11-3/h9-35H2,1-8H3. The fourth-order valence-corrected chi connectivity index (χ4v) is 44.9. The van der Waals surface area contributed by atoms with Gasteiger partial charge in [-0.1, -0.05) is 148 Å². The molecular formula is C36H78O6Si3. The van der Waals surface area contributed by atoms with Crippen LogP contribution in [0.2, 0.25) is 24.2 Å². The lowest BCUT2D eigenvalue weighted by Gasteiger charge is -2.60. The van der Waals surface area contributed by atoms with E-state index in [0.717, 1.165) is 12.1 Å². The van der Waals surface area contributed by atoms with Gasteiger partial charge in [0.15, 0.2) is 0 Å². The number of ether oxygens (including phenoxy) is 2. The molecule has 9 heteroatoms. The van der Waals surface area contributed by atoms with E-state index in [1.54, 1.807) is 0 Å². The van der Waals surface area contributed by atoms with Crippen LogP contribution >= 0.6 is 0 Å². The fourth-order valence-electron chi connectivity index (χ4n) is 7.89. The number of unbranched alkanes of at least 4 members (excludes halogenated alkanes) is 15. The normalized spacial score (nSPS) is 20.5. The Morgan fingerprint density at radius 3 is 1.20 bits per heavy atom. The molecule has 1 heterocycles. The number of rotatable bonds is 31. The first-order valence-corrected chi connectivity index (χ1v) is 28.3. The molecule has 45 heavy (non-hydrogen) atoms. The van der Waals surface area contributed by atoms with E-state index < -0.39 is 29.2 Å². The highest BCUT2D eigenvalue weighted by atomic mass is 29.7. The molecule has 0 N–H and O–H groups in total. The molecule has 0 aromatic heterocycles. The zero-order chi connectivity index (χ0) is 33.3. The number of hydrogen-bond acceptors (Lipinski definition) is 6. The Morgan fingerprint density at radius 1 is 0.444 bits per heavy atom. The van der Waals surface area contributed by atoms with E-state index in [1.807, 2.05) is 0 Å². The van der Waals surface area contributed by atoms with E-state index in [0.29, 0.717) is 33.0 Å². The molecule has 0 saturated carbocycles. The van der Waals surface area contributed by atoms with Gasteiger partial charge < -0.3 is 27.2 Å². The van der Waals surface area contributed by atoms with E-state index >= 15 is 0 Å². The van der Waals surface area contributed by atoms with Crippen LogP contribution in [0.15, 0.2) is 0 Å². The Hall–Kier alpha value is 0.411. The Balaban J connectivity index is 3.78. The highest BCUT2D eigenvalue weighted by Crippen LogP contribution is 2.53. The summed E-state index contributed by atoms with van der Waals surface area (Å²) in [6.45, 7) is 20.4. The quantitative estimate of drug-likeness (QED) is 0.0410. The van der Waals surface area contributed by atoms with E-state index in [9.17, 15) is 0 Å². The molecule has 0 amide bonds. The van der Waals surface area contributed by atoms with E-state index in [4.69, 9.17) is 27.2 Å². The molecule has 1 atom stereocenters. The van der Waals surface area contributed by atoms with Crippen LogP contribution in [0.25, 0.3) is 0 Å². The van der Waals surface area contributed by atoms with Crippen LogP contribution in [0.3, 0.4) is 0 Å². The third-order valence-electron chi connectivity index (χ3n) is 9.88. The van der Waals surface area contributed by atoms with Gasteiger partial charge in [0.1, 0.15) is 0 Å². The molecule has 1 fully saturated rings. The van der Waals surface area contributed by atoms with Gasteiger partial charge in [0.05, 0.1) is 7.59 Å². The Bertz CT molecular complexity index is 672. The van der Waals surface area contributed by atoms with Crippen LogP contribution < -0.4 is 0 Å². The molecule has 0 bridgehead atoms. The molecule has 6 nitrogen and oxygen atoms in total. The molecule has 0 aromatic rings. The molecule has 0 spiro atoms. The summed E-state index contributed by atoms with van der Waals surface area (Å²) < 4.78 is 42.0. The first-order chi connectivity index (χ1) is 21.9. The Morgan fingerprint density at radius 2 is 0.822 bits per heavy atom. The van der Waals surface area contributed by atoms with Gasteiger partial charge in [-0.3, -0.25) is 0 Å². The van der Waals surface area contributed by atoms with Crippen molar-refractivity contribution < 1.29 is 27.2 Å². The van der Waals surface area contributed by atoms with Gasteiger partial charge in [0.2, 0.25) is 0 Å². The topological polar surface area (TPSA) is 55.4 Å². The van der Waals surface area contributed by atoms with Gasteiger partial charge in [-0.15, -0.1) is 0 Å². The second-order valence-electron chi connectivity index (χ2n) is 13.3. The first-order valence-electron chi connectivity index (χ1n) is 19.8. The average Bonchev–Trinajstić information content (AvgIpc) is 3.01. The summed E-state index contributed by atoms with van der Waals surface area (Å²) in [6.07, 6.45) is 23.4. The van der Waals surface area contributed by atoms with Gasteiger partial charge in [-0.05, 0) is 40.7 Å². The van der Waals surface area contributed by atoms with Crippen LogP contribution in [0.1, 0.15) is 171 Å². The predicted octanol–water partition coefficient (Wildman–Crippen LogP) is 11.4. The molecule has 1 aliphatic heterocycles. The van der Waals surface area contributed by atoms with Gasteiger partial charge in [0.25, 0.3) is 13.3 Å². The van der Waals surface area contributed by atoms with Gasteiger partial charge >= 0.3 is 8.32 Å². The van der Waals surface area contributed by atoms with Crippen LogP contribution in [0.5, 0.6) is 0 Å². The molecule has 270 valence electrons. The third-order valence-corrected chi connectivity index (χ3v) is 41.3. The minimum Gasteiger partial charge on any atom is -0.414 e. The van der Waals surface area contributed by atoms with Crippen molar-refractivity contribution >= 4 is 23.3 Å². The molecule has 1 unspecified atom stereocenters. The molecular weight excluding hydrogens is 613 g/mol. The highest BCUT2D eigenvalue weighted by molar-refractivity contribution is 7.64. The zero-order valence-electron chi connectivity index (χ0n) is 31.5. The maximum Gasteiger partial charge on any atom is 0.504 e. The smallest absolute Gasteiger partial charge is 0.414 e. The van der Waals surface area contributed by atoms with Crippen molar-refractivity contribution in [3.05, 3.63) is 0 Å². The molecule has 0 radical (unpaired) electrons. The molecule has 0 aliphatic carbocycles. The molecule has 0 aromatic carbocycles. The van der Waals surface area contributed by atoms with Crippen molar-refractivity contribution in [2.75, 3.05) is 33.0 Å². The zero-order valence-corrected chi connectivity index (χ0v) is 34.5. The van der Waals surface area contributed by atoms with Crippen LogP contribution in [-0.4, -0.2) is 62.3 Å². The Labute approximate surface area is 283 Å². The van der Waals surface area contributed by atoms with Crippen molar-refractivity contribution in [2.45, 2.75) is 201 Å². The lowest BCUT2D eigenvalue weighted by molar-refractivity contribution is -0.345. The summed E-state index contributed by atoms with van der Waals surface area (Å²) in [6, 6.07) is 4.49. The van der Waals surface area contributed by atoms with Gasteiger partial charge in [-0.25, -0.2) is 0 Å². The summed E-state index contributed by atoms with van der Waals surface area (Å²) in [5.74, 6) is -1.09. The van der Waals surface area contributed by atoms with Crippen molar-refractivity contribution in [1.82, 2.24) is 0 Å². The number of hydrogen-bond donors (Lipinski definition) is 0. The van der Waals surface area contributed by atoms with Crippen LogP contribution in [0.4, 0.5) is 0 Å². The van der Waals surface area contributed by atoms with E-state index in [1.165, 1.54) is 128 Å². The second-order valence-corrected chi connectivity index (χ2v) is 33.0. The summed E-state index contributed by atoms with van der Waals surface area (Å²) in [5.41, 5.74) is 0. The average molecular weight is 691 g/mol. The van der Waals surface area contributed by atoms with Gasteiger partial charge in [0, 0.05) is 39.1 Å². The third kappa shape index (κ3) is 13.3. The Kier molecular flexibility index (Phi) is 24.5. The SMILES string of the molecule is CCCCCCCC[Si]1(CCCCCCCC)CC(OCC)(OCC)O[Si](OCC)(OCC)[Si]1(CCCCCCCC)OCC. The predicted molar refractivity (Wildman–Crippen MR) is 199 cm³/mol. The van der Waals surface area contributed by atoms with Crippen molar-refractivity contribution in [2.24, 2.45) is 0 Å². The summed E-state index contributed by atoms with van der Waals surface area (Å²) >= 11 is 0. The summed E-state index contributed by atoms with van der Waals surface area (Å²) in [5, 5.41) is 0. The molecule has 1 saturated heterocycles. The second kappa shape index (κ2) is 25.4. The van der Waals surface area contributed by atoms with E-state index in [-0.39, 0.29) is 0 Å². The lowest BCUT2D eigenvalue weighted by Crippen LogP contribution is -2.88. The molecule has 1 rings (SSSR count). The van der Waals surface area contributed by atoms with Crippen molar-refractivity contribution in [3.63, 3.8) is 0 Å².